The van der Waals surface area contributed by atoms with E-state index in [9.17, 15) is 14.4 Å². The topological polar surface area (TPSA) is 87.0 Å². The second-order valence-corrected chi connectivity index (χ2v) is 5.84. The molecule has 2 saturated heterocycles. The minimum Gasteiger partial charge on any atom is -0.369 e. The molecule has 0 spiro atoms. The summed E-state index contributed by atoms with van der Waals surface area (Å²) in [4.78, 5) is 40.3. The van der Waals surface area contributed by atoms with Crippen molar-refractivity contribution < 1.29 is 14.4 Å². The van der Waals surface area contributed by atoms with Crippen molar-refractivity contribution in [3.63, 3.8) is 0 Å². The van der Waals surface area contributed by atoms with Gasteiger partial charge in [0.2, 0.25) is 17.7 Å². The lowest BCUT2D eigenvalue weighted by Gasteiger charge is -2.36. The lowest BCUT2D eigenvalue weighted by Crippen LogP contribution is -2.52. The number of hydrogen-bond acceptors (Lipinski definition) is 4. The van der Waals surface area contributed by atoms with Crippen molar-refractivity contribution in [1.29, 1.82) is 0 Å². The summed E-state index contributed by atoms with van der Waals surface area (Å²) in [5.41, 5.74) is 5.29. The minimum atomic E-state index is -0.262. The lowest BCUT2D eigenvalue weighted by molar-refractivity contribution is -0.137. The maximum absolute atomic E-state index is 12.2. The van der Waals surface area contributed by atoms with Crippen LogP contribution in [0.15, 0.2) is 0 Å². The fourth-order valence-corrected chi connectivity index (χ4v) is 2.93. The first-order valence-electron chi connectivity index (χ1n) is 7.52. The Bertz CT molecular complexity index is 410. The van der Waals surface area contributed by atoms with Gasteiger partial charge in [-0.05, 0) is 12.8 Å². The van der Waals surface area contributed by atoms with Crippen LogP contribution in [0.4, 0.5) is 0 Å². The summed E-state index contributed by atoms with van der Waals surface area (Å²) in [6.45, 7) is 6.04. The normalized spacial score (nSPS) is 21.4. The molecule has 21 heavy (non-hydrogen) atoms. The van der Waals surface area contributed by atoms with Crippen LogP contribution in [0.3, 0.4) is 0 Å². The van der Waals surface area contributed by atoms with Crippen molar-refractivity contribution in [2.45, 2.75) is 19.8 Å². The molecule has 3 amide bonds. The second kappa shape index (κ2) is 6.89. The van der Waals surface area contributed by atoms with Crippen LogP contribution in [-0.2, 0) is 14.4 Å². The Labute approximate surface area is 125 Å². The third kappa shape index (κ3) is 4.17. The Morgan fingerprint density at radius 3 is 2.00 bits per heavy atom. The lowest BCUT2D eigenvalue weighted by atomic mass is 9.96. The quantitative estimate of drug-likeness (QED) is 0.714. The summed E-state index contributed by atoms with van der Waals surface area (Å²) in [6, 6.07) is 0. The summed E-state index contributed by atoms with van der Waals surface area (Å²) in [5.74, 6) is -0.153. The maximum atomic E-state index is 12.2. The number of carbonyl (C=O) groups is 3. The predicted octanol–water partition coefficient (Wildman–Crippen LogP) is -1.13. The average molecular weight is 296 g/mol. The molecule has 0 radical (unpaired) electrons. The van der Waals surface area contributed by atoms with Gasteiger partial charge in [0, 0.05) is 52.1 Å². The minimum absolute atomic E-state index is 0.0897. The van der Waals surface area contributed by atoms with Gasteiger partial charge in [0.1, 0.15) is 0 Å². The van der Waals surface area contributed by atoms with Crippen molar-refractivity contribution in [1.82, 2.24) is 14.7 Å². The Morgan fingerprint density at radius 2 is 1.52 bits per heavy atom. The highest BCUT2D eigenvalue weighted by atomic mass is 16.2. The van der Waals surface area contributed by atoms with E-state index in [4.69, 9.17) is 5.73 Å². The van der Waals surface area contributed by atoms with Crippen LogP contribution >= 0.6 is 0 Å². The van der Waals surface area contributed by atoms with E-state index >= 15 is 0 Å². The Morgan fingerprint density at radius 1 is 0.952 bits per heavy atom. The SMILES string of the molecule is CC(=O)N1CCN(CC(=O)N2CCC(C(N)=O)CC2)CC1. The fraction of sp³-hybridized carbons (Fsp3) is 0.786. The van der Waals surface area contributed by atoms with Gasteiger partial charge >= 0.3 is 0 Å². The molecule has 0 bridgehead atoms. The number of rotatable bonds is 3. The van der Waals surface area contributed by atoms with E-state index in [1.165, 1.54) is 0 Å². The molecule has 7 nitrogen and oxygen atoms in total. The van der Waals surface area contributed by atoms with Crippen LogP contribution in [0, 0.1) is 5.92 Å². The van der Waals surface area contributed by atoms with Crippen LogP contribution in [0.25, 0.3) is 0 Å². The van der Waals surface area contributed by atoms with Gasteiger partial charge in [-0.2, -0.15) is 0 Å². The summed E-state index contributed by atoms with van der Waals surface area (Å²) < 4.78 is 0. The van der Waals surface area contributed by atoms with E-state index in [0.29, 0.717) is 45.6 Å². The molecule has 2 heterocycles. The average Bonchev–Trinajstić information content (AvgIpc) is 2.47. The van der Waals surface area contributed by atoms with Gasteiger partial charge in [-0.15, -0.1) is 0 Å². The molecular formula is C14H24N4O3. The summed E-state index contributed by atoms with van der Waals surface area (Å²) in [5, 5.41) is 0. The molecule has 7 heteroatoms. The number of piperazine rings is 1. The van der Waals surface area contributed by atoms with E-state index in [-0.39, 0.29) is 23.6 Å². The van der Waals surface area contributed by atoms with Crippen molar-refractivity contribution >= 4 is 17.7 Å². The number of likely N-dealkylation sites (tertiary alicyclic amines) is 1. The van der Waals surface area contributed by atoms with Crippen LogP contribution in [0.1, 0.15) is 19.8 Å². The van der Waals surface area contributed by atoms with E-state index in [2.05, 4.69) is 4.90 Å². The predicted molar refractivity (Wildman–Crippen MR) is 77.2 cm³/mol. The van der Waals surface area contributed by atoms with Crippen molar-refractivity contribution in [3.05, 3.63) is 0 Å². The maximum Gasteiger partial charge on any atom is 0.236 e. The van der Waals surface area contributed by atoms with Gasteiger partial charge in [-0.1, -0.05) is 0 Å². The number of carbonyl (C=O) groups excluding carboxylic acids is 3. The molecular weight excluding hydrogens is 272 g/mol. The van der Waals surface area contributed by atoms with Crippen LogP contribution in [-0.4, -0.2) is 78.2 Å². The van der Waals surface area contributed by atoms with E-state index in [1.807, 2.05) is 4.90 Å². The zero-order chi connectivity index (χ0) is 15.4. The molecule has 0 aromatic rings. The van der Waals surface area contributed by atoms with Gasteiger partial charge in [0.15, 0.2) is 0 Å². The Kier molecular flexibility index (Phi) is 5.17. The number of piperidine rings is 1. The van der Waals surface area contributed by atoms with Gasteiger partial charge in [-0.25, -0.2) is 0 Å². The first-order chi connectivity index (χ1) is 9.97. The molecule has 0 saturated carbocycles. The number of nitrogens with zero attached hydrogens (tertiary/aromatic N) is 3. The molecule has 0 unspecified atom stereocenters. The number of nitrogens with two attached hydrogens (primary N) is 1. The van der Waals surface area contributed by atoms with Crippen LogP contribution in [0.2, 0.25) is 0 Å². The summed E-state index contributed by atoms with van der Waals surface area (Å²) in [6.07, 6.45) is 1.33. The fourth-order valence-electron chi connectivity index (χ4n) is 2.93. The summed E-state index contributed by atoms with van der Waals surface area (Å²) >= 11 is 0. The third-order valence-corrected chi connectivity index (χ3v) is 4.43. The Hall–Kier alpha value is -1.63. The largest absolute Gasteiger partial charge is 0.369 e. The molecule has 2 fully saturated rings. The van der Waals surface area contributed by atoms with E-state index in [0.717, 1.165) is 13.1 Å². The zero-order valence-corrected chi connectivity index (χ0v) is 12.6. The first-order valence-corrected chi connectivity index (χ1v) is 7.52. The molecule has 0 aromatic heterocycles. The number of hydrogen-bond donors (Lipinski definition) is 1. The highest BCUT2D eigenvalue weighted by Gasteiger charge is 2.27. The molecule has 2 aliphatic rings. The molecule has 0 aliphatic carbocycles. The molecule has 2 aliphatic heterocycles. The summed E-state index contributed by atoms with van der Waals surface area (Å²) in [7, 11) is 0. The Balaban J connectivity index is 1.73. The van der Waals surface area contributed by atoms with Crippen molar-refractivity contribution in [2.75, 3.05) is 45.8 Å². The van der Waals surface area contributed by atoms with Gasteiger partial charge in [-0.3, -0.25) is 19.3 Å². The monoisotopic (exact) mass is 296 g/mol. The molecule has 0 atom stereocenters. The standard InChI is InChI=1S/C14H24N4O3/c1-11(19)17-8-6-16(7-9-17)10-13(20)18-4-2-12(3-5-18)14(15)21/h12H,2-10H2,1H3,(H2,15,21). The number of primary amides is 1. The molecule has 118 valence electrons. The smallest absolute Gasteiger partial charge is 0.236 e. The van der Waals surface area contributed by atoms with Gasteiger partial charge in [0.05, 0.1) is 6.54 Å². The van der Waals surface area contributed by atoms with Crippen molar-refractivity contribution in [2.24, 2.45) is 11.7 Å². The molecule has 2 rings (SSSR count). The van der Waals surface area contributed by atoms with Gasteiger partial charge < -0.3 is 15.5 Å². The number of amides is 3. The first kappa shape index (κ1) is 15.8. The van der Waals surface area contributed by atoms with Gasteiger partial charge in [0.25, 0.3) is 0 Å². The second-order valence-electron chi connectivity index (χ2n) is 5.84. The highest BCUT2D eigenvalue weighted by molar-refractivity contribution is 5.80. The third-order valence-electron chi connectivity index (χ3n) is 4.43. The van der Waals surface area contributed by atoms with E-state index in [1.54, 1.807) is 11.8 Å². The van der Waals surface area contributed by atoms with Crippen molar-refractivity contribution in [3.8, 4) is 0 Å². The van der Waals surface area contributed by atoms with Crippen LogP contribution < -0.4 is 5.73 Å². The van der Waals surface area contributed by atoms with E-state index < -0.39 is 0 Å². The zero-order valence-electron chi connectivity index (χ0n) is 12.6. The van der Waals surface area contributed by atoms with Crippen LogP contribution in [0.5, 0.6) is 0 Å². The highest BCUT2D eigenvalue weighted by Crippen LogP contribution is 2.17. The molecule has 0 aromatic carbocycles. The molecule has 2 N–H and O–H groups in total.